The maximum atomic E-state index is 10.2. The highest BCUT2D eigenvalue weighted by molar-refractivity contribution is 5.03. The Morgan fingerprint density at radius 1 is 1.50 bits per heavy atom. The Kier molecular flexibility index (Phi) is 4.50. The minimum Gasteiger partial charge on any atom is -0.390 e. The molecule has 0 spiro atoms. The van der Waals surface area contributed by atoms with Crippen LogP contribution in [0.1, 0.15) is 32.4 Å². The Morgan fingerprint density at radius 3 is 2.50 bits per heavy atom. The highest BCUT2D eigenvalue weighted by Gasteiger charge is 2.34. The van der Waals surface area contributed by atoms with E-state index in [1.807, 2.05) is 33.2 Å². The molecule has 1 aromatic heterocycles. The number of aliphatic hydroxyl groups excluding tert-OH is 1. The van der Waals surface area contributed by atoms with Gasteiger partial charge in [-0.1, -0.05) is 13.8 Å². The molecule has 92 valence electrons. The highest BCUT2D eigenvalue weighted by Crippen LogP contribution is 2.26. The van der Waals surface area contributed by atoms with Gasteiger partial charge in [-0.05, 0) is 18.9 Å². The lowest BCUT2D eigenvalue weighted by atomic mass is 9.88. The molecule has 1 heterocycles. The summed E-state index contributed by atoms with van der Waals surface area (Å²) < 4.78 is 7.24. The normalized spacial score (nSPS) is 14.1. The fourth-order valence-corrected chi connectivity index (χ4v) is 2.10. The van der Waals surface area contributed by atoms with E-state index in [0.29, 0.717) is 6.42 Å². The predicted octanol–water partition coefficient (Wildman–Crippen LogP) is 1.53. The molecule has 0 aromatic carbocycles. The average molecular weight is 226 g/mol. The zero-order valence-electron chi connectivity index (χ0n) is 10.6. The number of aromatic nitrogens is 2. The van der Waals surface area contributed by atoms with E-state index in [0.717, 1.165) is 18.5 Å². The van der Waals surface area contributed by atoms with Crippen LogP contribution in [0.5, 0.6) is 0 Å². The molecular formula is C12H22N2O2. The third kappa shape index (κ3) is 2.62. The van der Waals surface area contributed by atoms with Gasteiger partial charge in [0, 0.05) is 26.8 Å². The zero-order valence-corrected chi connectivity index (χ0v) is 10.6. The van der Waals surface area contributed by atoms with Crippen LogP contribution in [0.4, 0.5) is 0 Å². The largest absolute Gasteiger partial charge is 0.390 e. The summed E-state index contributed by atoms with van der Waals surface area (Å²) in [6.45, 7) is 4.07. The van der Waals surface area contributed by atoms with Gasteiger partial charge in [0.1, 0.15) is 0 Å². The number of aliphatic hydroxyl groups is 1. The second kappa shape index (κ2) is 5.46. The van der Waals surface area contributed by atoms with Gasteiger partial charge >= 0.3 is 0 Å². The van der Waals surface area contributed by atoms with Crippen LogP contribution in [0.3, 0.4) is 0 Å². The topological polar surface area (TPSA) is 47.3 Å². The van der Waals surface area contributed by atoms with Crippen molar-refractivity contribution in [2.24, 2.45) is 7.05 Å². The molecule has 0 aliphatic rings. The Bertz CT molecular complexity index is 310. The molecule has 1 unspecified atom stereocenters. The lowest BCUT2D eigenvalue weighted by Gasteiger charge is -2.34. The quantitative estimate of drug-likeness (QED) is 0.800. The van der Waals surface area contributed by atoms with Gasteiger partial charge in [0.05, 0.1) is 17.4 Å². The number of nitrogens with zero attached hydrogens (tertiary/aromatic N) is 2. The number of ether oxygens (including phenoxy) is 1. The van der Waals surface area contributed by atoms with E-state index in [2.05, 4.69) is 5.10 Å². The van der Waals surface area contributed by atoms with Crippen molar-refractivity contribution in [3.05, 3.63) is 18.0 Å². The van der Waals surface area contributed by atoms with Crippen LogP contribution in [0.15, 0.2) is 12.3 Å². The van der Waals surface area contributed by atoms with E-state index < -0.39 is 11.7 Å². The second-order valence-electron chi connectivity index (χ2n) is 4.18. The molecule has 1 atom stereocenters. The summed E-state index contributed by atoms with van der Waals surface area (Å²) in [6, 6.07) is 1.93. The molecule has 0 aliphatic heterocycles. The van der Waals surface area contributed by atoms with Crippen molar-refractivity contribution < 1.29 is 9.84 Å². The van der Waals surface area contributed by atoms with Crippen molar-refractivity contribution in [1.82, 2.24) is 9.78 Å². The number of methoxy groups -OCH3 is 1. The number of hydrogen-bond donors (Lipinski definition) is 1. The lowest BCUT2D eigenvalue weighted by molar-refractivity contribution is -0.107. The van der Waals surface area contributed by atoms with E-state index in [1.54, 1.807) is 11.8 Å². The SMILES string of the molecule is CCC(CC)(OC)C(O)Cc1ccn(C)n1. The molecule has 0 amide bonds. The molecule has 0 aliphatic carbocycles. The summed E-state index contributed by atoms with van der Waals surface area (Å²) in [5, 5.41) is 14.5. The van der Waals surface area contributed by atoms with Crippen LogP contribution in [0, 0.1) is 0 Å². The second-order valence-corrected chi connectivity index (χ2v) is 4.18. The molecule has 16 heavy (non-hydrogen) atoms. The van der Waals surface area contributed by atoms with Gasteiger partial charge in [0.25, 0.3) is 0 Å². The van der Waals surface area contributed by atoms with Crippen molar-refractivity contribution in [2.75, 3.05) is 7.11 Å². The first-order valence-electron chi connectivity index (χ1n) is 5.79. The van der Waals surface area contributed by atoms with E-state index in [1.165, 1.54) is 0 Å². The molecular weight excluding hydrogens is 204 g/mol. The predicted molar refractivity (Wildman–Crippen MR) is 63.2 cm³/mol. The van der Waals surface area contributed by atoms with E-state index >= 15 is 0 Å². The number of hydrogen-bond acceptors (Lipinski definition) is 3. The van der Waals surface area contributed by atoms with E-state index in [9.17, 15) is 5.11 Å². The third-order valence-electron chi connectivity index (χ3n) is 3.38. The summed E-state index contributed by atoms with van der Waals surface area (Å²) in [7, 11) is 3.54. The smallest absolute Gasteiger partial charge is 0.0935 e. The maximum absolute atomic E-state index is 10.2. The molecule has 1 aromatic rings. The van der Waals surface area contributed by atoms with Crippen LogP contribution in [-0.4, -0.2) is 33.7 Å². The van der Waals surface area contributed by atoms with Crippen molar-refractivity contribution in [2.45, 2.75) is 44.8 Å². The molecule has 4 nitrogen and oxygen atoms in total. The first-order valence-corrected chi connectivity index (χ1v) is 5.79. The van der Waals surface area contributed by atoms with Crippen LogP contribution in [-0.2, 0) is 18.2 Å². The van der Waals surface area contributed by atoms with Crippen LogP contribution < -0.4 is 0 Å². The van der Waals surface area contributed by atoms with Crippen molar-refractivity contribution in [3.63, 3.8) is 0 Å². The molecule has 0 saturated heterocycles. The van der Waals surface area contributed by atoms with Crippen molar-refractivity contribution in [3.8, 4) is 0 Å². The van der Waals surface area contributed by atoms with Gasteiger partial charge < -0.3 is 9.84 Å². The molecule has 0 bridgehead atoms. The Hall–Kier alpha value is -0.870. The first-order chi connectivity index (χ1) is 7.57. The summed E-state index contributed by atoms with van der Waals surface area (Å²) in [4.78, 5) is 0. The van der Waals surface area contributed by atoms with Gasteiger partial charge in [-0.25, -0.2) is 0 Å². The first kappa shape index (κ1) is 13.2. The molecule has 1 rings (SSSR count). The van der Waals surface area contributed by atoms with E-state index in [4.69, 9.17) is 4.74 Å². The minimum atomic E-state index is -0.512. The third-order valence-corrected chi connectivity index (χ3v) is 3.38. The fraction of sp³-hybridized carbons (Fsp3) is 0.750. The van der Waals surface area contributed by atoms with Gasteiger partial charge in [-0.2, -0.15) is 5.10 Å². The summed E-state index contributed by atoms with van der Waals surface area (Å²) in [6.07, 6.45) is 3.51. The van der Waals surface area contributed by atoms with Gasteiger partial charge in [-0.3, -0.25) is 4.68 Å². The van der Waals surface area contributed by atoms with Crippen molar-refractivity contribution in [1.29, 1.82) is 0 Å². The Morgan fingerprint density at radius 2 is 2.12 bits per heavy atom. The van der Waals surface area contributed by atoms with Gasteiger partial charge in [0.15, 0.2) is 0 Å². The van der Waals surface area contributed by atoms with Gasteiger partial charge in [0.2, 0.25) is 0 Å². The molecule has 0 radical (unpaired) electrons. The Balaban J connectivity index is 2.72. The molecule has 4 heteroatoms. The standard InChI is InChI=1S/C12H22N2O2/c1-5-12(6-2,16-4)11(15)9-10-7-8-14(3)13-10/h7-8,11,15H,5-6,9H2,1-4H3. The minimum absolute atomic E-state index is 0.447. The summed E-state index contributed by atoms with van der Waals surface area (Å²) in [5.41, 5.74) is 0.454. The average Bonchev–Trinajstić information content (AvgIpc) is 2.67. The summed E-state index contributed by atoms with van der Waals surface area (Å²) in [5.74, 6) is 0. The highest BCUT2D eigenvalue weighted by atomic mass is 16.5. The zero-order chi connectivity index (χ0) is 12.2. The monoisotopic (exact) mass is 226 g/mol. The van der Waals surface area contributed by atoms with Crippen LogP contribution in [0.25, 0.3) is 0 Å². The molecule has 0 saturated carbocycles. The van der Waals surface area contributed by atoms with Crippen LogP contribution >= 0.6 is 0 Å². The number of rotatable bonds is 6. The fourth-order valence-electron chi connectivity index (χ4n) is 2.10. The Labute approximate surface area is 97.2 Å². The van der Waals surface area contributed by atoms with E-state index in [-0.39, 0.29) is 0 Å². The van der Waals surface area contributed by atoms with Gasteiger partial charge in [-0.15, -0.1) is 0 Å². The van der Waals surface area contributed by atoms with Crippen LogP contribution in [0.2, 0.25) is 0 Å². The molecule has 1 N–H and O–H groups in total. The number of aryl methyl sites for hydroxylation is 1. The summed E-state index contributed by atoms with van der Waals surface area (Å²) >= 11 is 0. The molecule has 0 fully saturated rings. The maximum Gasteiger partial charge on any atom is 0.0935 e. The lowest BCUT2D eigenvalue weighted by Crippen LogP contribution is -2.44. The van der Waals surface area contributed by atoms with Crippen molar-refractivity contribution >= 4 is 0 Å².